The van der Waals surface area contributed by atoms with Crippen LogP contribution in [0.25, 0.3) is 0 Å². The summed E-state index contributed by atoms with van der Waals surface area (Å²) in [7, 11) is 0. The largest absolute Gasteiger partial charge is 0.340 e. The minimum Gasteiger partial charge on any atom is -0.340 e. The summed E-state index contributed by atoms with van der Waals surface area (Å²) in [5.74, 6) is 0.502. The number of halogens is 1. The van der Waals surface area contributed by atoms with Gasteiger partial charge in [0.15, 0.2) is 4.77 Å². The molecule has 1 aromatic heterocycles. The molecule has 4 nitrogen and oxygen atoms in total. The summed E-state index contributed by atoms with van der Waals surface area (Å²) in [6.45, 7) is 1.68. The van der Waals surface area contributed by atoms with Crippen LogP contribution in [0.4, 0.5) is 15.9 Å². The first-order valence-corrected chi connectivity index (χ1v) is 6.48. The Bertz CT molecular complexity index is 651. The van der Waals surface area contributed by atoms with E-state index in [1.807, 2.05) is 0 Å². The van der Waals surface area contributed by atoms with E-state index in [4.69, 9.17) is 12.2 Å². The maximum atomic E-state index is 12.9. The summed E-state index contributed by atoms with van der Waals surface area (Å²) in [6, 6.07) is 6.20. The molecule has 6 heteroatoms. The van der Waals surface area contributed by atoms with Crippen molar-refractivity contribution in [1.82, 2.24) is 15.3 Å². The molecule has 0 fully saturated rings. The van der Waals surface area contributed by atoms with Crippen molar-refractivity contribution >= 4 is 23.7 Å². The van der Waals surface area contributed by atoms with Crippen molar-refractivity contribution < 1.29 is 4.39 Å². The molecule has 98 valence electrons. The van der Waals surface area contributed by atoms with Gasteiger partial charge >= 0.3 is 0 Å². The number of aromatic nitrogens is 2. The van der Waals surface area contributed by atoms with E-state index in [0.717, 1.165) is 42.3 Å². The summed E-state index contributed by atoms with van der Waals surface area (Å²) in [6.07, 6.45) is 0.887. The van der Waals surface area contributed by atoms with E-state index in [0.29, 0.717) is 4.77 Å². The Hall–Kier alpha value is -1.79. The molecule has 1 aromatic carbocycles. The van der Waals surface area contributed by atoms with Crippen LogP contribution in [0.15, 0.2) is 24.3 Å². The third kappa shape index (κ3) is 2.64. The second kappa shape index (κ2) is 5.07. The molecule has 0 amide bonds. The van der Waals surface area contributed by atoms with Gasteiger partial charge in [0.25, 0.3) is 0 Å². The SMILES string of the molecule is Fc1ccc(Nc2nc(=S)[nH]c3c2CCNC3)cc1. The number of rotatable bonds is 2. The maximum Gasteiger partial charge on any atom is 0.199 e. The van der Waals surface area contributed by atoms with Crippen molar-refractivity contribution in [1.29, 1.82) is 0 Å². The van der Waals surface area contributed by atoms with Crippen LogP contribution in [0.2, 0.25) is 0 Å². The second-order valence-corrected chi connectivity index (χ2v) is 4.79. The fourth-order valence-electron chi connectivity index (χ4n) is 2.16. The lowest BCUT2D eigenvalue weighted by Gasteiger charge is -2.20. The smallest absolute Gasteiger partial charge is 0.199 e. The van der Waals surface area contributed by atoms with Gasteiger partial charge in [-0.2, -0.15) is 0 Å². The molecule has 0 saturated heterocycles. The maximum absolute atomic E-state index is 12.9. The van der Waals surface area contributed by atoms with E-state index in [2.05, 4.69) is 20.6 Å². The molecule has 2 aromatic rings. The molecule has 0 spiro atoms. The molecule has 19 heavy (non-hydrogen) atoms. The van der Waals surface area contributed by atoms with Crippen LogP contribution in [0, 0.1) is 10.6 Å². The molecule has 0 saturated carbocycles. The summed E-state index contributed by atoms with van der Waals surface area (Å²) >= 11 is 5.13. The standard InChI is InChI=1S/C13H13FN4S/c14-8-1-3-9(4-2-8)16-12-10-5-6-15-7-11(10)17-13(19)18-12/h1-4,15H,5-7H2,(H2,16,17,18,19). The van der Waals surface area contributed by atoms with Gasteiger partial charge in [0.05, 0.1) is 0 Å². The molecule has 0 bridgehead atoms. The zero-order valence-corrected chi connectivity index (χ0v) is 11.0. The highest BCUT2D eigenvalue weighted by Gasteiger charge is 2.15. The first-order valence-electron chi connectivity index (χ1n) is 6.08. The average Bonchev–Trinajstić information content (AvgIpc) is 2.41. The molecule has 0 radical (unpaired) electrons. The molecule has 3 rings (SSSR count). The monoisotopic (exact) mass is 276 g/mol. The number of anilines is 2. The minimum atomic E-state index is -0.255. The van der Waals surface area contributed by atoms with Crippen LogP contribution < -0.4 is 10.6 Å². The van der Waals surface area contributed by atoms with Gasteiger partial charge in [-0.05, 0) is 49.4 Å². The van der Waals surface area contributed by atoms with Crippen LogP contribution >= 0.6 is 12.2 Å². The average molecular weight is 276 g/mol. The van der Waals surface area contributed by atoms with Crippen LogP contribution in [0.1, 0.15) is 11.3 Å². The lowest BCUT2D eigenvalue weighted by molar-refractivity contribution is 0.623. The van der Waals surface area contributed by atoms with Gasteiger partial charge in [0, 0.05) is 23.5 Å². The first-order chi connectivity index (χ1) is 9.22. The summed E-state index contributed by atoms with van der Waals surface area (Å²) < 4.78 is 13.3. The van der Waals surface area contributed by atoms with E-state index < -0.39 is 0 Å². The predicted molar refractivity (Wildman–Crippen MR) is 74.5 cm³/mol. The Morgan fingerprint density at radius 1 is 1.26 bits per heavy atom. The highest BCUT2D eigenvalue weighted by molar-refractivity contribution is 7.71. The Kier molecular flexibility index (Phi) is 3.27. The molecule has 0 unspecified atom stereocenters. The molecular formula is C13H13FN4S. The highest BCUT2D eigenvalue weighted by atomic mass is 32.1. The number of benzene rings is 1. The number of nitrogens with one attached hydrogen (secondary N) is 3. The predicted octanol–water partition coefficient (Wildman–Crippen LogP) is 2.67. The molecule has 2 heterocycles. The zero-order valence-electron chi connectivity index (χ0n) is 10.2. The summed E-state index contributed by atoms with van der Waals surface area (Å²) in [5, 5.41) is 6.49. The highest BCUT2D eigenvalue weighted by Crippen LogP contribution is 2.23. The van der Waals surface area contributed by atoms with E-state index in [1.165, 1.54) is 12.1 Å². The number of hydrogen-bond donors (Lipinski definition) is 3. The van der Waals surface area contributed by atoms with E-state index in [1.54, 1.807) is 12.1 Å². The Balaban J connectivity index is 1.98. The van der Waals surface area contributed by atoms with Gasteiger partial charge in [0.2, 0.25) is 0 Å². The fourth-order valence-corrected chi connectivity index (χ4v) is 2.38. The molecular weight excluding hydrogens is 263 g/mol. The summed E-state index contributed by atoms with van der Waals surface area (Å²) in [4.78, 5) is 7.44. The quantitative estimate of drug-likeness (QED) is 0.738. The summed E-state index contributed by atoms with van der Waals surface area (Å²) in [5.41, 5.74) is 3.00. The van der Waals surface area contributed by atoms with Gasteiger partial charge < -0.3 is 15.6 Å². The zero-order chi connectivity index (χ0) is 13.2. The number of nitrogens with zero attached hydrogens (tertiary/aromatic N) is 1. The van der Waals surface area contributed by atoms with Crippen molar-refractivity contribution in [3.63, 3.8) is 0 Å². The van der Waals surface area contributed by atoms with Crippen molar-refractivity contribution in [2.75, 3.05) is 11.9 Å². The van der Waals surface area contributed by atoms with Crippen molar-refractivity contribution in [2.45, 2.75) is 13.0 Å². The van der Waals surface area contributed by atoms with Crippen LogP contribution in [-0.4, -0.2) is 16.5 Å². The Labute approximate surface area is 115 Å². The third-order valence-electron chi connectivity index (χ3n) is 3.08. The lowest BCUT2D eigenvalue weighted by Crippen LogP contribution is -2.26. The molecule has 0 atom stereocenters. The third-order valence-corrected chi connectivity index (χ3v) is 3.28. The van der Waals surface area contributed by atoms with Gasteiger partial charge in [-0.3, -0.25) is 0 Å². The van der Waals surface area contributed by atoms with E-state index >= 15 is 0 Å². The number of aromatic amines is 1. The van der Waals surface area contributed by atoms with Crippen molar-refractivity contribution in [3.8, 4) is 0 Å². The molecule has 1 aliphatic rings. The van der Waals surface area contributed by atoms with Crippen LogP contribution in [0.5, 0.6) is 0 Å². The van der Waals surface area contributed by atoms with Crippen LogP contribution in [0.3, 0.4) is 0 Å². The second-order valence-electron chi connectivity index (χ2n) is 4.41. The van der Waals surface area contributed by atoms with Crippen molar-refractivity contribution in [3.05, 3.63) is 46.1 Å². The lowest BCUT2D eigenvalue weighted by atomic mass is 10.1. The van der Waals surface area contributed by atoms with Gasteiger partial charge in [-0.25, -0.2) is 9.37 Å². The number of H-pyrrole nitrogens is 1. The molecule has 0 aliphatic carbocycles. The van der Waals surface area contributed by atoms with Gasteiger partial charge in [-0.15, -0.1) is 0 Å². The minimum absolute atomic E-state index is 0.255. The van der Waals surface area contributed by atoms with E-state index in [9.17, 15) is 4.39 Å². The van der Waals surface area contributed by atoms with Crippen LogP contribution in [-0.2, 0) is 13.0 Å². The number of hydrogen-bond acceptors (Lipinski definition) is 4. The first kappa shape index (κ1) is 12.3. The molecule has 3 N–H and O–H groups in total. The molecule has 1 aliphatic heterocycles. The number of fused-ring (bicyclic) bond motifs is 1. The fraction of sp³-hybridized carbons (Fsp3) is 0.231. The van der Waals surface area contributed by atoms with E-state index in [-0.39, 0.29) is 5.82 Å². The van der Waals surface area contributed by atoms with Gasteiger partial charge in [-0.1, -0.05) is 0 Å². The normalized spacial score (nSPS) is 13.9. The Morgan fingerprint density at radius 3 is 2.84 bits per heavy atom. The Morgan fingerprint density at radius 2 is 2.05 bits per heavy atom. The topological polar surface area (TPSA) is 52.7 Å². The van der Waals surface area contributed by atoms with Gasteiger partial charge in [0.1, 0.15) is 11.6 Å². The van der Waals surface area contributed by atoms with Crippen molar-refractivity contribution in [2.24, 2.45) is 0 Å².